The number of aromatic nitrogens is 1. The quantitative estimate of drug-likeness (QED) is 0.325. The molecule has 2 aromatic rings. The topological polar surface area (TPSA) is 81.7 Å². The van der Waals surface area contributed by atoms with E-state index in [4.69, 9.17) is 4.99 Å². The Hall–Kier alpha value is -2.45. The number of guanidine groups is 1. The molecule has 3 N–H and O–H groups in total. The van der Waals surface area contributed by atoms with Crippen LogP contribution < -0.4 is 16.0 Å². The molecule has 0 radical (unpaired) electrons. The maximum atomic E-state index is 12.2. The van der Waals surface area contributed by atoms with Gasteiger partial charge < -0.3 is 16.0 Å². The van der Waals surface area contributed by atoms with Crippen molar-refractivity contribution < 1.29 is 4.79 Å². The van der Waals surface area contributed by atoms with E-state index in [1.54, 1.807) is 5.51 Å². The van der Waals surface area contributed by atoms with Crippen molar-refractivity contribution in [1.29, 1.82) is 0 Å². The Balaban J connectivity index is 1.54. The summed E-state index contributed by atoms with van der Waals surface area (Å²) in [4.78, 5) is 24.4. The molecule has 1 aliphatic heterocycles. The molecular formula is C22H32N6OS. The number of aliphatic imine (C=N–C) groups is 1. The predicted octanol–water partition coefficient (Wildman–Crippen LogP) is 2.57. The van der Waals surface area contributed by atoms with Crippen molar-refractivity contribution in [3.63, 3.8) is 0 Å². The van der Waals surface area contributed by atoms with Crippen molar-refractivity contribution in [2.75, 3.05) is 39.3 Å². The molecule has 0 saturated carbocycles. The highest BCUT2D eigenvalue weighted by Crippen LogP contribution is 2.25. The largest absolute Gasteiger partial charge is 0.357 e. The van der Waals surface area contributed by atoms with Crippen molar-refractivity contribution in [2.45, 2.75) is 32.7 Å². The molecule has 3 rings (SSSR count). The molecule has 1 saturated heterocycles. The second-order valence-corrected chi connectivity index (χ2v) is 8.19. The molecule has 0 aliphatic carbocycles. The van der Waals surface area contributed by atoms with Crippen LogP contribution in [0.15, 0.2) is 40.8 Å². The Bertz CT molecular complexity index is 816. The summed E-state index contributed by atoms with van der Waals surface area (Å²) in [6.07, 6.45) is 2.51. The third-order valence-electron chi connectivity index (χ3n) is 5.19. The number of likely N-dealkylation sites (tertiary alicyclic amines) is 1. The molecule has 0 spiro atoms. The number of benzene rings is 1. The van der Waals surface area contributed by atoms with E-state index in [-0.39, 0.29) is 11.9 Å². The van der Waals surface area contributed by atoms with Gasteiger partial charge in [-0.15, -0.1) is 11.3 Å². The van der Waals surface area contributed by atoms with Gasteiger partial charge in [-0.25, -0.2) is 4.98 Å². The van der Waals surface area contributed by atoms with Gasteiger partial charge in [0.1, 0.15) is 4.88 Å². The van der Waals surface area contributed by atoms with Gasteiger partial charge in [0.05, 0.1) is 23.8 Å². The van der Waals surface area contributed by atoms with E-state index < -0.39 is 0 Å². The number of aryl methyl sites for hydroxylation is 1. The van der Waals surface area contributed by atoms with Crippen LogP contribution in [0, 0.1) is 6.92 Å². The van der Waals surface area contributed by atoms with Gasteiger partial charge in [0.25, 0.3) is 5.91 Å². The highest BCUT2D eigenvalue weighted by atomic mass is 32.1. The van der Waals surface area contributed by atoms with Crippen LogP contribution in [0.1, 0.15) is 46.7 Å². The maximum absolute atomic E-state index is 12.2. The average molecular weight is 429 g/mol. The molecule has 1 atom stereocenters. The zero-order valence-corrected chi connectivity index (χ0v) is 18.7. The van der Waals surface area contributed by atoms with Crippen molar-refractivity contribution in [3.05, 3.63) is 52.0 Å². The van der Waals surface area contributed by atoms with Gasteiger partial charge in [-0.2, -0.15) is 0 Å². The fourth-order valence-corrected chi connectivity index (χ4v) is 4.36. The SMILES string of the molecule is CCNC(=NCC(c1ccccc1)N1CCCC1)NCCNC(=O)c1scnc1C. The Morgan fingerprint density at radius 2 is 1.90 bits per heavy atom. The van der Waals surface area contributed by atoms with Gasteiger partial charge in [0, 0.05) is 19.6 Å². The van der Waals surface area contributed by atoms with Crippen molar-refractivity contribution in [3.8, 4) is 0 Å². The first-order valence-electron chi connectivity index (χ1n) is 10.7. The van der Waals surface area contributed by atoms with Crippen LogP contribution in [0.4, 0.5) is 0 Å². The Labute approximate surface area is 183 Å². The molecule has 162 valence electrons. The van der Waals surface area contributed by atoms with E-state index in [1.165, 1.54) is 29.7 Å². The molecule has 0 bridgehead atoms. The molecule has 1 amide bonds. The first-order chi connectivity index (χ1) is 14.7. The molecule has 2 heterocycles. The second-order valence-electron chi connectivity index (χ2n) is 7.34. The van der Waals surface area contributed by atoms with E-state index in [9.17, 15) is 4.79 Å². The highest BCUT2D eigenvalue weighted by molar-refractivity contribution is 7.11. The van der Waals surface area contributed by atoms with Crippen LogP contribution in [0.25, 0.3) is 0 Å². The molecule has 1 aromatic carbocycles. The molecule has 1 aliphatic rings. The van der Waals surface area contributed by atoms with Crippen LogP contribution in [0.3, 0.4) is 0 Å². The van der Waals surface area contributed by atoms with Gasteiger partial charge >= 0.3 is 0 Å². The van der Waals surface area contributed by atoms with Crippen LogP contribution >= 0.6 is 11.3 Å². The lowest BCUT2D eigenvalue weighted by Crippen LogP contribution is -2.42. The highest BCUT2D eigenvalue weighted by Gasteiger charge is 2.23. The third-order valence-corrected chi connectivity index (χ3v) is 6.11. The molecule has 30 heavy (non-hydrogen) atoms. The van der Waals surface area contributed by atoms with Crippen molar-refractivity contribution in [2.24, 2.45) is 4.99 Å². The Kier molecular flexibility index (Phi) is 8.65. The number of hydrogen-bond acceptors (Lipinski definition) is 5. The first kappa shape index (κ1) is 22.2. The van der Waals surface area contributed by atoms with Crippen LogP contribution in [0.2, 0.25) is 0 Å². The Morgan fingerprint density at radius 3 is 2.57 bits per heavy atom. The molecule has 1 fully saturated rings. The molecule has 1 unspecified atom stereocenters. The summed E-state index contributed by atoms with van der Waals surface area (Å²) in [5.41, 5.74) is 3.78. The van der Waals surface area contributed by atoms with Crippen LogP contribution in [-0.4, -0.2) is 61.0 Å². The van der Waals surface area contributed by atoms with E-state index in [0.717, 1.165) is 31.3 Å². The number of amides is 1. The first-order valence-corrected chi connectivity index (χ1v) is 11.6. The smallest absolute Gasteiger partial charge is 0.263 e. The number of rotatable bonds is 9. The molecule has 1 aromatic heterocycles. The number of carbonyl (C=O) groups excluding carboxylic acids is 1. The summed E-state index contributed by atoms with van der Waals surface area (Å²) in [6.45, 7) is 8.78. The number of nitrogens with zero attached hydrogens (tertiary/aromatic N) is 3. The number of hydrogen-bond donors (Lipinski definition) is 3. The summed E-state index contributed by atoms with van der Waals surface area (Å²) in [5, 5.41) is 9.57. The Morgan fingerprint density at radius 1 is 1.17 bits per heavy atom. The predicted molar refractivity (Wildman–Crippen MR) is 123 cm³/mol. The lowest BCUT2D eigenvalue weighted by Gasteiger charge is -2.27. The molecular weight excluding hydrogens is 396 g/mol. The summed E-state index contributed by atoms with van der Waals surface area (Å²) in [6, 6.07) is 10.9. The van der Waals surface area contributed by atoms with Gasteiger partial charge in [-0.1, -0.05) is 30.3 Å². The number of nitrogens with one attached hydrogen (secondary N) is 3. The van der Waals surface area contributed by atoms with E-state index in [1.807, 2.05) is 6.92 Å². The molecule has 8 heteroatoms. The summed E-state index contributed by atoms with van der Waals surface area (Å²) in [5.74, 6) is 0.706. The van der Waals surface area contributed by atoms with Gasteiger partial charge in [0.2, 0.25) is 0 Å². The maximum Gasteiger partial charge on any atom is 0.263 e. The fraction of sp³-hybridized carbons (Fsp3) is 0.500. The minimum Gasteiger partial charge on any atom is -0.357 e. The monoisotopic (exact) mass is 428 g/mol. The lowest BCUT2D eigenvalue weighted by molar-refractivity contribution is 0.0957. The van der Waals surface area contributed by atoms with Crippen LogP contribution in [-0.2, 0) is 0 Å². The third kappa shape index (κ3) is 6.27. The summed E-state index contributed by atoms with van der Waals surface area (Å²) < 4.78 is 0. The summed E-state index contributed by atoms with van der Waals surface area (Å²) in [7, 11) is 0. The minimum absolute atomic E-state index is 0.0723. The zero-order valence-electron chi connectivity index (χ0n) is 17.9. The zero-order chi connectivity index (χ0) is 21.2. The van der Waals surface area contributed by atoms with E-state index in [2.05, 4.69) is 63.1 Å². The van der Waals surface area contributed by atoms with E-state index >= 15 is 0 Å². The average Bonchev–Trinajstić information content (AvgIpc) is 3.44. The van der Waals surface area contributed by atoms with Crippen molar-refractivity contribution >= 4 is 23.2 Å². The fourth-order valence-electron chi connectivity index (χ4n) is 3.64. The minimum atomic E-state index is -0.0723. The normalized spacial score (nSPS) is 15.7. The number of carbonyl (C=O) groups is 1. The van der Waals surface area contributed by atoms with Crippen LogP contribution in [0.5, 0.6) is 0 Å². The van der Waals surface area contributed by atoms with Gasteiger partial charge in [-0.05, 0) is 45.3 Å². The summed E-state index contributed by atoms with van der Waals surface area (Å²) >= 11 is 1.37. The van der Waals surface area contributed by atoms with Gasteiger partial charge in [0.15, 0.2) is 5.96 Å². The van der Waals surface area contributed by atoms with Crippen molar-refractivity contribution in [1.82, 2.24) is 25.8 Å². The standard InChI is InChI=1S/C22H32N6OS/c1-3-23-22(25-12-11-24-21(29)20-17(2)27-16-30-20)26-15-19(28-13-7-8-14-28)18-9-5-4-6-10-18/h4-6,9-10,16,19H,3,7-8,11-15H2,1-2H3,(H,24,29)(H2,23,25,26). The lowest BCUT2D eigenvalue weighted by atomic mass is 10.1. The van der Waals surface area contributed by atoms with E-state index in [0.29, 0.717) is 24.5 Å². The molecule has 7 nitrogen and oxygen atoms in total. The second kappa shape index (κ2) is 11.7. The van der Waals surface area contributed by atoms with Gasteiger partial charge in [-0.3, -0.25) is 14.7 Å². The number of thiazole rings is 1.